The summed E-state index contributed by atoms with van der Waals surface area (Å²) in [6, 6.07) is 7.79. The Morgan fingerprint density at radius 1 is 1.40 bits per heavy atom. The number of amides is 1. The van der Waals surface area contributed by atoms with Crippen LogP contribution in [0.4, 0.5) is 0 Å². The number of carbonyl (C=O) groups is 1. The fourth-order valence-electron chi connectivity index (χ4n) is 3.99. The van der Waals surface area contributed by atoms with Crippen LogP contribution in [0, 0.1) is 0 Å². The molecule has 2 aliphatic rings. The standard InChI is InChI=1S/C19H23N3O3/c1-21(12-14-5-2-8-20-11-14)16-13-22(15-6-3-10-25-18(15)16)19(23)17-7-4-9-24-17/h2,4-5,7-9,11,15-16,18H,3,6,10,12-13H2,1H3/t15-,16-,18+/m1/s1. The Morgan fingerprint density at radius 3 is 3.08 bits per heavy atom. The molecule has 2 aromatic rings. The molecule has 2 saturated heterocycles. The van der Waals surface area contributed by atoms with Gasteiger partial charge >= 0.3 is 0 Å². The highest BCUT2D eigenvalue weighted by Gasteiger charge is 2.47. The lowest BCUT2D eigenvalue weighted by Gasteiger charge is -2.34. The molecular formula is C19H23N3O3. The number of hydrogen-bond acceptors (Lipinski definition) is 5. The highest BCUT2D eigenvalue weighted by Crippen LogP contribution is 2.33. The highest BCUT2D eigenvalue weighted by atomic mass is 16.5. The van der Waals surface area contributed by atoms with Crippen LogP contribution >= 0.6 is 0 Å². The fourth-order valence-corrected chi connectivity index (χ4v) is 3.99. The van der Waals surface area contributed by atoms with Gasteiger partial charge in [-0.1, -0.05) is 6.07 Å². The number of pyridine rings is 1. The molecule has 132 valence electrons. The second-order valence-electron chi connectivity index (χ2n) is 6.82. The van der Waals surface area contributed by atoms with Crippen molar-refractivity contribution in [2.24, 2.45) is 0 Å². The van der Waals surface area contributed by atoms with Crippen LogP contribution < -0.4 is 0 Å². The first-order valence-corrected chi connectivity index (χ1v) is 8.79. The number of carbonyl (C=O) groups excluding carboxylic acids is 1. The van der Waals surface area contributed by atoms with E-state index in [1.54, 1.807) is 24.6 Å². The molecule has 2 aliphatic heterocycles. The van der Waals surface area contributed by atoms with Gasteiger partial charge in [-0.25, -0.2) is 0 Å². The normalized spacial score (nSPS) is 26.0. The average molecular weight is 341 g/mol. The topological polar surface area (TPSA) is 58.8 Å². The van der Waals surface area contributed by atoms with Crippen molar-refractivity contribution in [2.45, 2.75) is 37.6 Å². The smallest absolute Gasteiger partial charge is 0.289 e. The second kappa shape index (κ2) is 6.98. The largest absolute Gasteiger partial charge is 0.459 e. The van der Waals surface area contributed by atoms with E-state index in [2.05, 4.69) is 23.0 Å². The van der Waals surface area contributed by atoms with Gasteiger partial charge in [0.25, 0.3) is 5.91 Å². The molecular weight excluding hydrogens is 318 g/mol. The summed E-state index contributed by atoms with van der Waals surface area (Å²) in [7, 11) is 2.09. The lowest BCUT2D eigenvalue weighted by Crippen LogP contribution is -2.46. The van der Waals surface area contributed by atoms with Crippen LogP contribution in [0.1, 0.15) is 29.0 Å². The van der Waals surface area contributed by atoms with Crippen molar-refractivity contribution in [3.63, 3.8) is 0 Å². The van der Waals surface area contributed by atoms with Crippen molar-refractivity contribution in [1.29, 1.82) is 0 Å². The van der Waals surface area contributed by atoms with Gasteiger partial charge in [0.1, 0.15) is 0 Å². The molecule has 6 nitrogen and oxygen atoms in total. The Bertz CT molecular complexity index is 704. The van der Waals surface area contributed by atoms with Crippen LogP contribution in [-0.2, 0) is 11.3 Å². The van der Waals surface area contributed by atoms with Gasteiger partial charge < -0.3 is 14.1 Å². The van der Waals surface area contributed by atoms with E-state index < -0.39 is 0 Å². The molecule has 0 unspecified atom stereocenters. The van der Waals surface area contributed by atoms with Crippen LogP contribution in [0.15, 0.2) is 47.3 Å². The van der Waals surface area contributed by atoms with E-state index in [0.717, 1.165) is 31.6 Å². The highest BCUT2D eigenvalue weighted by molar-refractivity contribution is 5.92. The molecule has 4 heterocycles. The summed E-state index contributed by atoms with van der Waals surface area (Å²) in [4.78, 5) is 21.2. The molecule has 3 atom stereocenters. The lowest BCUT2D eigenvalue weighted by molar-refractivity contribution is -0.0358. The third-order valence-electron chi connectivity index (χ3n) is 5.21. The summed E-state index contributed by atoms with van der Waals surface area (Å²) in [6.07, 6.45) is 7.23. The molecule has 4 rings (SSSR count). The Balaban J connectivity index is 1.53. The number of likely N-dealkylation sites (N-methyl/N-ethyl adjacent to an activating group) is 1. The Labute approximate surface area is 147 Å². The molecule has 0 radical (unpaired) electrons. The van der Waals surface area contributed by atoms with Crippen molar-refractivity contribution >= 4 is 5.91 Å². The number of furan rings is 1. The van der Waals surface area contributed by atoms with Gasteiger partial charge in [-0.3, -0.25) is 14.7 Å². The van der Waals surface area contributed by atoms with E-state index in [0.29, 0.717) is 12.3 Å². The summed E-state index contributed by atoms with van der Waals surface area (Å²) < 4.78 is 11.4. The predicted octanol–water partition coefficient (Wildman–Crippen LogP) is 2.18. The zero-order valence-corrected chi connectivity index (χ0v) is 14.4. The molecule has 6 heteroatoms. The van der Waals surface area contributed by atoms with E-state index in [1.165, 1.54) is 0 Å². The SMILES string of the molecule is CN(Cc1cccnc1)[C@@H]1CN(C(=O)c2ccco2)[C@@H]2CCCO[C@H]12. The molecule has 2 fully saturated rings. The number of hydrogen-bond donors (Lipinski definition) is 0. The molecule has 0 saturated carbocycles. The number of fused-ring (bicyclic) bond motifs is 1. The maximum atomic E-state index is 12.8. The third-order valence-corrected chi connectivity index (χ3v) is 5.21. The molecule has 0 spiro atoms. The van der Waals surface area contributed by atoms with Crippen LogP contribution in [0.3, 0.4) is 0 Å². The molecule has 1 amide bonds. The van der Waals surface area contributed by atoms with Crippen molar-refractivity contribution in [1.82, 2.24) is 14.8 Å². The van der Waals surface area contributed by atoms with E-state index in [-0.39, 0.29) is 24.1 Å². The minimum atomic E-state index is -0.0391. The van der Waals surface area contributed by atoms with Crippen LogP contribution in [0.25, 0.3) is 0 Å². The van der Waals surface area contributed by atoms with Crippen LogP contribution in [-0.4, -0.2) is 59.1 Å². The zero-order chi connectivity index (χ0) is 17.2. The van der Waals surface area contributed by atoms with Gasteiger partial charge in [0.05, 0.1) is 24.5 Å². The predicted molar refractivity (Wildman–Crippen MR) is 92.0 cm³/mol. The third kappa shape index (κ3) is 3.19. The number of rotatable bonds is 4. The summed E-state index contributed by atoms with van der Waals surface area (Å²) in [5.74, 6) is 0.364. The van der Waals surface area contributed by atoms with Crippen molar-refractivity contribution in [3.8, 4) is 0 Å². The Kier molecular flexibility index (Phi) is 4.55. The van der Waals surface area contributed by atoms with Crippen LogP contribution in [0.2, 0.25) is 0 Å². The first-order chi connectivity index (χ1) is 12.2. The van der Waals surface area contributed by atoms with E-state index >= 15 is 0 Å². The summed E-state index contributed by atoms with van der Waals surface area (Å²) in [6.45, 7) is 2.21. The van der Waals surface area contributed by atoms with Gasteiger partial charge in [0, 0.05) is 32.1 Å². The van der Waals surface area contributed by atoms with Gasteiger partial charge in [-0.2, -0.15) is 0 Å². The first kappa shape index (κ1) is 16.3. The number of ether oxygens (including phenoxy) is 1. The minimum Gasteiger partial charge on any atom is -0.459 e. The first-order valence-electron chi connectivity index (χ1n) is 8.79. The Hall–Kier alpha value is -2.18. The van der Waals surface area contributed by atoms with Crippen molar-refractivity contribution in [3.05, 3.63) is 54.2 Å². The summed E-state index contributed by atoms with van der Waals surface area (Å²) in [5, 5.41) is 0. The second-order valence-corrected chi connectivity index (χ2v) is 6.82. The summed E-state index contributed by atoms with van der Waals surface area (Å²) >= 11 is 0. The number of aromatic nitrogens is 1. The number of likely N-dealkylation sites (tertiary alicyclic amines) is 1. The van der Waals surface area contributed by atoms with Gasteiger partial charge in [0.15, 0.2) is 5.76 Å². The molecule has 0 aromatic carbocycles. The van der Waals surface area contributed by atoms with Gasteiger partial charge in [-0.15, -0.1) is 0 Å². The van der Waals surface area contributed by atoms with Crippen molar-refractivity contribution < 1.29 is 13.9 Å². The monoisotopic (exact) mass is 341 g/mol. The maximum Gasteiger partial charge on any atom is 0.289 e. The average Bonchev–Trinajstić information content (AvgIpc) is 3.30. The zero-order valence-electron chi connectivity index (χ0n) is 14.4. The quantitative estimate of drug-likeness (QED) is 0.853. The fraction of sp³-hybridized carbons (Fsp3) is 0.474. The lowest BCUT2D eigenvalue weighted by atomic mass is 10.00. The molecule has 25 heavy (non-hydrogen) atoms. The van der Waals surface area contributed by atoms with Gasteiger partial charge in [0.2, 0.25) is 0 Å². The summed E-state index contributed by atoms with van der Waals surface area (Å²) in [5.41, 5.74) is 1.16. The Morgan fingerprint density at radius 2 is 2.32 bits per heavy atom. The molecule has 0 bridgehead atoms. The molecule has 0 N–H and O–H groups in total. The van der Waals surface area contributed by atoms with Gasteiger partial charge in [-0.05, 0) is 43.7 Å². The molecule has 0 aliphatic carbocycles. The number of nitrogens with zero attached hydrogens (tertiary/aromatic N) is 3. The maximum absolute atomic E-state index is 12.8. The molecule has 2 aromatic heterocycles. The minimum absolute atomic E-state index is 0.0391. The van der Waals surface area contributed by atoms with E-state index in [1.807, 2.05) is 17.2 Å². The van der Waals surface area contributed by atoms with E-state index in [4.69, 9.17) is 9.15 Å². The van der Waals surface area contributed by atoms with Crippen molar-refractivity contribution in [2.75, 3.05) is 20.2 Å². The van der Waals surface area contributed by atoms with Crippen LogP contribution in [0.5, 0.6) is 0 Å². The van der Waals surface area contributed by atoms with E-state index in [9.17, 15) is 4.79 Å².